The van der Waals surface area contributed by atoms with Gasteiger partial charge in [0, 0.05) is 55.7 Å². The molecule has 0 rings (SSSR count). The topological polar surface area (TPSA) is 431 Å². The standard InChI is InChI=1S/5H3O4P.3V/c5*1-5(2,3)4;;;/h5*(H3,1,2,3,4);;;/p-15. The van der Waals surface area contributed by atoms with Crippen LogP contribution < -0.4 is 73.4 Å². The van der Waals surface area contributed by atoms with Gasteiger partial charge in [-0.1, -0.05) is 0 Å². The van der Waals surface area contributed by atoms with Gasteiger partial charge in [-0.25, -0.2) is 0 Å². The van der Waals surface area contributed by atoms with Crippen molar-refractivity contribution in [2.75, 3.05) is 0 Å². The van der Waals surface area contributed by atoms with Gasteiger partial charge in [-0.3, -0.25) is 0 Å². The first-order valence-electron chi connectivity index (χ1n) is 3.65. The Kier molecular flexibility index (Phi) is 42.0. The van der Waals surface area contributed by atoms with Crippen LogP contribution in [0.25, 0.3) is 0 Å². The van der Waals surface area contributed by atoms with E-state index in [9.17, 15) is 0 Å². The van der Waals surface area contributed by atoms with Crippen molar-refractivity contribution in [1.82, 2.24) is 0 Å². The van der Waals surface area contributed by atoms with Crippen molar-refractivity contribution < 1.29 is 152 Å². The minimum atomic E-state index is -5.39. The normalized spacial score (nSPS) is 10.5. The van der Waals surface area contributed by atoms with Gasteiger partial charge in [0.05, 0.1) is 0 Å². The summed E-state index contributed by atoms with van der Waals surface area (Å²) < 4.78 is 42.7. The summed E-state index contributed by atoms with van der Waals surface area (Å²) in [6.07, 6.45) is 0. The summed E-state index contributed by atoms with van der Waals surface area (Å²) in [5, 5.41) is 0. The molecule has 0 fully saturated rings. The van der Waals surface area contributed by atoms with E-state index in [0.29, 0.717) is 0 Å². The second-order valence-corrected chi connectivity index (χ2v) is 6.71. The minimum absolute atomic E-state index is 0. The molecule has 0 aliphatic heterocycles. The van der Waals surface area contributed by atoms with Crippen molar-refractivity contribution in [3.05, 3.63) is 0 Å². The van der Waals surface area contributed by atoms with Crippen molar-refractivity contribution in [3.63, 3.8) is 0 Å². The van der Waals surface area contributed by atoms with E-state index in [-0.39, 0.29) is 55.7 Å². The van der Waals surface area contributed by atoms with E-state index in [4.69, 9.17) is 96.2 Å². The van der Waals surface area contributed by atoms with E-state index in [1.807, 2.05) is 0 Å². The van der Waals surface area contributed by atoms with Crippen LogP contribution in [0.5, 0.6) is 0 Å². The molecule has 0 heterocycles. The summed E-state index contributed by atoms with van der Waals surface area (Å²) >= 11 is 0. The third-order valence-corrected chi connectivity index (χ3v) is 0. The molecule has 0 unspecified atom stereocenters. The second kappa shape index (κ2) is 22.5. The molecule has 0 aromatic heterocycles. The van der Waals surface area contributed by atoms with Crippen LogP contribution in [0.4, 0.5) is 0 Å². The average molecular weight is 628 g/mol. The molecule has 0 saturated heterocycles. The fourth-order valence-electron chi connectivity index (χ4n) is 0. The Hall–Kier alpha value is 2.30. The predicted molar refractivity (Wildman–Crippen MR) is 38.0 cm³/mol. The minimum Gasteiger partial charge on any atom is -0.822 e. The van der Waals surface area contributed by atoms with Crippen LogP contribution >= 0.6 is 39.1 Å². The molecule has 28 heavy (non-hydrogen) atoms. The Balaban J connectivity index is -0.0000000290. The molecule has 0 saturated carbocycles. The fourth-order valence-corrected chi connectivity index (χ4v) is 0. The molecule has 0 aliphatic carbocycles. The Bertz CT molecular complexity index is 379. The molecule has 0 bridgehead atoms. The van der Waals surface area contributed by atoms with Crippen molar-refractivity contribution in [2.24, 2.45) is 0 Å². The molecule has 28 heteroatoms. The van der Waals surface area contributed by atoms with E-state index in [1.165, 1.54) is 0 Å². The zero-order valence-corrected chi connectivity index (χ0v) is 20.4. The molecule has 0 aliphatic rings. The summed E-state index contributed by atoms with van der Waals surface area (Å²) in [5.41, 5.74) is 0. The molecule has 0 N–H and O–H groups in total. The van der Waals surface area contributed by atoms with Gasteiger partial charge in [-0.15, -0.1) is 0 Å². The number of hydrogen-bond donors (Lipinski definition) is 0. The predicted octanol–water partition coefficient (Wildman–Crippen LogP) is -14.1. The third kappa shape index (κ3) is 3980. The van der Waals surface area contributed by atoms with Crippen LogP contribution in [-0.2, 0) is 78.5 Å². The Morgan fingerprint density at radius 2 is 0.250 bits per heavy atom. The monoisotopic (exact) mass is 628 g/mol. The summed E-state index contributed by atoms with van der Waals surface area (Å²) in [6.45, 7) is 0. The maximum atomic E-state index is 8.55. The Morgan fingerprint density at radius 1 is 0.250 bits per heavy atom. The van der Waals surface area contributed by atoms with Gasteiger partial charge in [0.15, 0.2) is 0 Å². The first kappa shape index (κ1) is 52.3. The molecule has 0 aromatic carbocycles. The van der Waals surface area contributed by atoms with Gasteiger partial charge in [0.1, 0.15) is 0 Å². The first-order chi connectivity index (χ1) is 10.0. The van der Waals surface area contributed by atoms with Crippen molar-refractivity contribution in [1.29, 1.82) is 0 Å². The molecule has 0 aromatic rings. The van der Waals surface area contributed by atoms with Crippen LogP contribution in [0.15, 0.2) is 0 Å². The molecule has 3 radical (unpaired) electrons. The van der Waals surface area contributed by atoms with Gasteiger partial charge < -0.3 is 96.2 Å². The maximum absolute atomic E-state index is 8.55. The quantitative estimate of drug-likeness (QED) is 0.225. The van der Waals surface area contributed by atoms with Crippen molar-refractivity contribution >= 4 is 39.1 Å². The summed E-state index contributed by atoms with van der Waals surface area (Å²) in [5.74, 6) is 0. The zero-order chi connectivity index (χ0) is 22.5. The summed E-state index contributed by atoms with van der Waals surface area (Å²) in [7, 11) is -26.9. The largest absolute Gasteiger partial charge is 0.822 e. The van der Waals surface area contributed by atoms with E-state index < -0.39 is 39.1 Å². The van der Waals surface area contributed by atoms with E-state index in [1.54, 1.807) is 0 Å². The first-order valence-corrected chi connectivity index (χ1v) is 11.0. The zero-order valence-electron chi connectivity index (χ0n) is 11.7. The van der Waals surface area contributed by atoms with E-state index in [0.717, 1.165) is 0 Å². The van der Waals surface area contributed by atoms with Crippen LogP contribution in [0.2, 0.25) is 0 Å². The van der Waals surface area contributed by atoms with Crippen LogP contribution in [0, 0.1) is 0 Å². The number of hydrogen-bond acceptors (Lipinski definition) is 20. The van der Waals surface area contributed by atoms with Crippen LogP contribution in [-0.4, -0.2) is 0 Å². The van der Waals surface area contributed by atoms with E-state index in [2.05, 4.69) is 0 Å². The SMILES string of the molecule is O=P([O-])([O-])[O-].O=P([O-])([O-])[O-].O=P([O-])([O-])[O-].O=P([O-])([O-])[O-].O=P([O-])([O-])[O-].[V].[V].[V]. The molecule has 0 spiro atoms. The average Bonchev–Trinajstić information content (AvgIpc) is 1.79. The maximum Gasteiger partial charge on any atom is 0 e. The summed E-state index contributed by atoms with van der Waals surface area (Å²) in [4.78, 5) is 128. The van der Waals surface area contributed by atoms with Crippen molar-refractivity contribution in [2.45, 2.75) is 0 Å². The smallest absolute Gasteiger partial charge is 0 e. The molecule has 0 atom stereocenters. The van der Waals surface area contributed by atoms with Gasteiger partial charge in [0.25, 0.3) is 0 Å². The fraction of sp³-hybridized carbons (Fsp3) is 0. The van der Waals surface area contributed by atoms with E-state index >= 15 is 0 Å². The number of phosphoric acid groups is 5. The van der Waals surface area contributed by atoms with Crippen LogP contribution in [0.3, 0.4) is 0 Å². The molecular weight excluding hydrogens is 628 g/mol. The summed E-state index contributed by atoms with van der Waals surface area (Å²) in [6, 6.07) is 0. The Morgan fingerprint density at radius 3 is 0.250 bits per heavy atom. The molecule has 0 amide bonds. The van der Waals surface area contributed by atoms with Gasteiger partial charge in [-0.2, -0.15) is 39.1 Å². The Labute approximate surface area is 190 Å². The van der Waals surface area contributed by atoms with Gasteiger partial charge in [0.2, 0.25) is 0 Å². The second-order valence-electron chi connectivity index (χ2n) is 2.24. The third-order valence-electron chi connectivity index (χ3n) is 0. The van der Waals surface area contributed by atoms with Gasteiger partial charge in [-0.05, 0) is 0 Å². The van der Waals surface area contributed by atoms with Crippen molar-refractivity contribution in [3.8, 4) is 0 Å². The molecule has 20 nitrogen and oxygen atoms in total. The van der Waals surface area contributed by atoms with Crippen LogP contribution in [0.1, 0.15) is 0 Å². The molecular formula is O20P5V3-15. The van der Waals surface area contributed by atoms with Gasteiger partial charge >= 0.3 is 0 Å². The molecule has 175 valence electrons. The number of rotatable bonds is 0.